The molecule has 0 radical (unpaired) electrons. The Bertz CT molecular complexity index is 444. The lowest BCUT2D eigenvalue weighted by Gasteiger charge is -2.13. The van der Waals surface area contributed by atoms with E-state index in [2.05, 4.69) is 15.9 Å². The van der Waals surface area contributed by atoms with E-state index in [1.807, 2.05) is 30.3 Å². The van der Waals surface area contributed by atoms with Crippen LogP contribution in [-0.2, 0) is 21.2 Å². The number of alkyl halides is 1. The number of sulfone groups is 1. The van der Waals surface area contributed by atoms with Crippen molar-refractivity contribution >= 4 is 25.8 Å². The zero-order valence-electron chi connectivity index (χ0n) is 8.67. The number of halogens is 1. The zero-order chi connectivity index (χ0) is 11.6. The number of hydrogen-bond donors (Lipinski definition) is 0. The van der Waals surface area contributed by atoms with Gasteiger partial charge >= 0.3 is 0 Å². The molecular weight excluding hydrogens is 292 g/mol. The van der Waals surface area contributed by atoms with Gasteiger partial charge in [0.05, 0.1) is 29.0 Å². The molecule has 1 fully saturated rings. The lowest BCUT2D eigenvalue weighted by atomic mass is 10.2. The Morgan fingerprint density at radius 3 is 2.50 bits per heavy atom. The molecule has 0 aromatic heterocycles. The first-order valence-corrected chi connectivity index (χ1v) is 7.80. The van der Waals surface area contributed by atoms with E-state index < -0.39 is 9.84 Å². The van der Waals surface area contributed by atoms with Crippen LogP contribution in [0, 0.1) is 0 Å². The van der Waals surface area contributed by atoms with Crippen molar-refractivity contribution in [3.05, 3.63) is 35.9 Å². The number of hydrogen-bond acceptors (Lipinski definition) is 3. The highest BCUT2D eigenvalue weighted by Gasteiger charge is 2.36. The monoisotopic (exact) mass is 304 g/mol. The van der Waals surface area contributed by atoms with Crippen molar-refractivity contribution in [2.45, 2.75) is 17.5 Å². The minimum Gasteiger partial charge on any atom is -0.371 e. The van der Waals surface area contributed by atoms with Gasteiger partial charge in [0.25, 0.3) is 0 Å². The van der Waals surface area contributed by atoms with Crippen LogP contribution in [-0.4, -0.2) is 30.9 Å². The smallest absolute Gasteiger partial charge is 0.154 e. The standard InChI is InChI=1S/C11H13BrO3S/c12-10-7-16(13,14)8-11(10)15-6-9-4-2-1-3-5-9/h1-5,10-11H,6-8H2. The second-order valence-electron chi connectivity index (χ2n) is 3.93. The molecule has 2 rings (SSSR count). The van der Waals surface area contributed by atoms with Crippen molar-refractivity contribution in [1.82, 2.24) is 0 Å². The van der Waals surface area contributed by atoms with E-state index >= 15 is 0 Å². The van der Waals surface area contributed by atoms with Gasteiger partial charge < -0.3 is 4.74 Å². The molecule has 1 aliphatic heterocycles. The van der Waals surface area contributed by atoms with E-state index in [0.717, 1.165) is 5.56 Å². The molecule has 3 nitrogen and oxygen atoms in total. The largest absolute Gasteiger partial charge is 0.371 e. The highest BCUT2D eigenvalue weighted by molar-refractivity contribution is 9.09. The third kappa shape index (κ3) is 3.06. The SMILES string of the molecule is O=S1(=O)CC(Br)C(OCc2ccccc2)C1. The predicted molar refractivity (Wildman–Crippen MR) is 66.4 cm³/mol. The summed E-state index contributed by atoms with van der Waals surface area (Å²) < 4.78 is 28.3. The first-order chi connectivity index (χ1) is 7.57. The normalized spacial score (nSPS) is 28.1. The van der Waals surface area contributed by atoms with E-state index in [1.54, 1.807) is 0 Å². The molecule has 16 heavy (non-hydrogen) atoms. The number of benzene rings is 1. The van der Waals surface area contributed by atoms with Crippen molar-refractivity contribution in [3.8, 4) is 0 Å². The Morgan fingerprint density at radius 1 is 1.25 bits per heavy atom. The Labute approximate surface area is 104 Å². The maximum absolute atomic E-state index is 11.4. The zero-order valence-corrected chi connectivity index (χ0v) is 11.1. The minimum atomic E-state index is -2.92. The van der Waals surface area contributed by atoms with Crippen LogP contribution < -0.4 is 0 Å². The summed E-state index contributed by atoms with van der Waals surface area (Å²) in [7, 11) is -2.92. The highest BCUT2D eigenvalue weighted by Crippen LogP contribution is 2.23. The first kappa shape index (κ1) is 12.1. The molecule has 0 amide bonds. The molecule has 0 spiro atoms. The molecule has 5 heteroatoms. The summed E-state index contributed by atoms with van der Waals surface area (Å²) in [5.74, 6) is 0.294. The van der Waals surface area contributed by atoms with Crippen molar-refractivity contribution < 1.29 is 13.2 Å². The van der Waals surface area contributed by atoms with Gasteiger partial charge in [0, 0.05) is 0 Å². The second kappa shape index (κ2) is 4.85. The Kier molecular flexibility index (Phi) is 3.66. The van der Waals surface area contributed by atoms with Gasteiger partial charge in [-0.15, -0.1) is 0 Å². The molecule has 1 heterocycles. The van der Waals surface area contributed by atoms with E-state index in [1.165, 1.54) is 0 Å². The predicted octanol–water partition coefficient (Wildman–Crippen LogP) is 1.76. The molecule has 1 aromatic rings. The maximum atomic E-state index is 11.4. The van der Waals surface area contributed by atoms with Crippen LogP contribution in [0.5, 0.6) is 0 Å². The molecule has 1 aromatic carbocycles. The molecule has 1 saturated heterocycles. The average molecular weight is 305 g/mol. The fourth-order valence-corrected chi connectivity index (χ4v) is 5.16. The Hall–Kier alpha value is -0.390. The first-order valence-electron chi connectivity index (χ1n) is 5.07. The van der Waals surface area contributed by atoms with E-state index in [4.69, 9.17) is 4.74 Å². The summed E-state index contributed by atoms with van der Waals surface area (Å²) in [5.41, 5.74) is 1.06. The molecule has 88 valence electrons. The van der Waals surface area contributed by atoms with Gasteiger partial charge in [0.1, 0.15) is 0 Å². The lowest BCUT2D eigenvalue weighted by Crippen LogP contribution is -2.22. The number of ether oxygens (including phenoxy) is 1. The van der Waals surface area contributed by atoms with Crippen LogP contribution >= 0.6 is 15.9 Å². The van der Waals surface area contributed by atoms with Crippen molar-refractivity contribution in [3.63, 3.8) is 0 Å². The summed E-state index contributed by atoms with van der Waals surface area (Å²) in [4.78, 5) is -0.0822. The second-order valence-corrected chi connectivity index (χ2v) is 7.26. The van der Waals surface area contributed by atoms with Gasteiger partial charge in [-0.25, -0.2) is 8.42 Å². The third-order valence-corrected chi connectivity index (χ3v) is 5.59. The van der Waals surface area contributed by atoms with Gasteiger partial charge in [-0.1, -0.05) is 46.3 Å². The molecular formula is C11H13BrO3S. The summed E-state index contributed by atoms with van der Waals surface area (Å²) in [5, 5.41) is 0. The van der Waals surface area contributed by atoms with Crippen LogP contribution in [0.4, 0.5) is 0 Å². The Morgan fingerprint density at radius 2 is 1.94 bits per heavy atom. The molecule has 0 saturated carbocycles. The van der Waals surface area contributed by atoms with Crippen molar-refractivity contribution in [2.24, 2.45) is 0 Å². The van der Waals surface area contributed by atoms with Gasteiger partial charge in [0.15, 0.2) is 9.84 Å². The molecule has 1 aliphatic rings. The topological polar surface area (TPSA) is 43.4 Å². The summed E-state index contributed by atoms with van der Waals surface area (Å²) >= 11 is 3.35. The molecule has 2 unspecified atom stereocenters. The van der Waals surface area contributed by atoms with Gasteiger partial charge in [0.2, 0.25) is 0 Å². The maximum Gasteiger partial charge on any atom is 0.154 e. The molecule has 2 atom stereocenters. The van der Waals surface area contributed by atoms with Crippen molar-refractivity contribution in [1.29, 1.82) is 0 Å². The van der Waals surface area contributed by atoms with Gasteiger partial charge in [-0.2, -0.15) is 0 Å². The van der Waals surface area contributed by atoms with E-state index in [-0.39, 0.29) is 22.4 Å². The lowest BCUT2D eigenvalue weighted by molar-refractivity contribution is 0.0625. The molecule has 0 aliphatic carbocycles. The van der Waals surface area contributed by atoms with E-state index in [9.17, 15) is 8.42 Å². The van der Waals surface area contributed by atoms with Crippen LogP contribution in [0.25, 0.3) is 0 Å². The van der Waals surface area contributed by atoms with E-state index in [0.29, 0.717) is 6.61 Å². The van der Waals surface area contributed by atoms with Crippen LogP contribution in [0.2, 0.25) is 0 Å². The minimum absolute atomic E-state index is 0.0822. The fourth-order valence-electron chi connectivity index (χ4n) is 1.70. The molecule has 0 bridgehead atoms. The Balaban J connectivity index is 1.92. The number of rotatable bonds is 3. The fraction of sp³-hybridized carbons (Fsp3) is 0.455. The van der Waals surface area contributed by atoms with Gasteiger partial charge in [-0.05, 0) is 5.56 Å². The van der Waals surface area contributed by atoms with Crippen LogP contribution in [0.15, 0.2) is 30.3 Å². The highest BCUT2D eigenvalue weighted by atomic mass is 79.9. The van der Waals surface area contributed by atoms with Gasteiger partial charge in [-0.3, -0.25) is 0 Å². The quantitative estimate of drug-likeness (QED) is 0.799. The summed E-state index contributed by atoms with van der Waals surface area (Å²) in [6.45, 7) is 0.461. The van der Waals surface area contributed by atoms with Crippen molar-refractivity contribution in [2.75, 3.05) is 11.5 Å². The third-order valence-electron chi connectivity index (χ3n) is 2.54. The summed E-state index contributed by atoms with van der Waals surface area (Å²) in [6.07, 6.45) is -0.231. The average Bonchev–Trinajstić information content (AvgIpc) is 2.50. The van der Waals surface area contributed by atoms with Crippen LogP contribution in [0.3, 0.4) is 0 Å². The van der Waals surface area contributed by atoms with Crippen LogP contribution in [0.1, 0.15) is 5.56 Å². The summed E-state index contributed by atoms with van der Waals surface area (Å²) in [6, 6.07) is 9.75. The molecule has 0 N–H and O–H groups in total.